The summed E-state index contributed by atoms with van der Waals surface area (Å²) in [6.45, 7) is 3.85. The first-order valence-electron chi connectivity index (χ1n) is 6.34. The Morgan fingerprint density at radius 1 is 1.29 bits per heavy atom. The zero-order valence-corrected chi connectivity index (χ0v) is 14.6. The predicted molar refractivity (Wildman–Crippen MR) is 90.5 cm³/mol. The van der Waals surface area contributed by atoms with Gasteiger partial charge < -0.3 is 5.32 Å². The molecule has 3 nitrogen and oxygen atoms in total. The van der Waals surface area contributed by atoms with E-state index in [0.29, 0.717) is 27.8 Å². The fourth-order valence-electron chi connectivity index (χ4n) is 1.80. The van der Waals surface area contributed by atoms with Crippen LogP contribution in [0.15, 0.2) is 28.7 Å². The van der Waals surface area contributed by atoms with Crippen LogP contribution < -0.4 is 5.32 Å². The fourth-order valence-corrected chi connectivity index (χ4v) is 2.75. The summed E-state index contributed by atoms with van der Waals surface area (Å²) in [7, 11) is 0. The Kier molecular flexibility index (Phi) is 5.25. The number of nitrogens with one attached hydrogen (secondary N) is 1. The zero-order valence-electron chi connectivity index (χ0n) is 11.5. The molecule has 1 amide bonds. The Hall–Kier alpha value is -1.10. The highest BCUT2D eigenvalue weighted by Gasteiger charge is 2.12. The van der Waals surface area contributed by atoms with Gasteiger partial charge in [0.25, 0.3) is 5.91 Å². The molecule has 1 aromatic carbocycles. The molecule has 0 radical (unpaired) electrons. The van der Waals surface area contributed by atoms with Crippen LogP contribution in [0.3, 0.4) is 0 Å². The second kappa shape index (κ2) is 6.77. The van der Waals surface area contributed by atoms with Crippen LogP contribution in [0, 0.1) is 6.92 Å². The molecular formula is C15H13BrCl2N2O. The van der Waals surface area contributed by atoms with Crippen LogP contribution in [0.25, 0.3) is 0 Å². The minimum absolute atomic E-state index is 0.255. The molecule has 2 rings (SSSR count). The Balaban J connectivity index is 2.30. The summed E-state index contributed by atoms with van der Waals surface area (Å²) in [6, 6.07) is 6.84. The van der Waals surface area contributed by atoms with Crippen LogP contribution in [-0.2, 0) is 6.42 Å². The standard InChI is InChI=1S/C15H13BrCl2N2O/c1-3-10-5-9(6-14(18)19-10)15(21)20-13-7-12(17)8(2)4-11(13)16/h4-7H,3H2,1-2H3,(H,20,21). The van der Waals surface area contributed by atoms with E-state index in [1.165, 1.54) is 0 Å². The molecule has 2 aromatic rings. The average Bonchev–Trinajstić information content (AvgIpc) is 2.43. The lowest BCUT2D eigenvalue weighted by atomic mass is 10.1. The smallest absolute Gasteiger partial charge is 0.255 e. The van der Waals surface area contributed by atoms with Gasteiger partial charge >= 0.3 is 0 Å². The molecule has 0 atom stereocenters. The van der Waals surface area contributed by atoms with Gasteiger partial charge in [-0.15, -0.1) is 0 Å². The molecular weight excluding hydrogens is 375 g/mol. The maximum Gasteiger partial charge on any atom is 0.255 e. The number of hydrogen-bond donors (Lipinski definition) is 1. The Bertz CT molecular complexity index is 704. The molecule has 0 aliphatic heterocycles. The molecule has 0 bridgehead atoms. The first-order chi connectivity index (χ1) is 9.90. The quantitative estimate of drug-likeness (QED) is 0.728. The second-order valence-corrected chi connectivity index (χ2v) is 6.21. The van der Waals surface area contributed by atoms with Gasteiger partial charge in [0, 0.05) is 20.8 Å². The van der Waals surface area contributed by atoms with Crippen molar-refractivity contribution in [1.82, 2.24) is 4.98 Å². The Morgan fingerprint density at radius 3 is 2.67 bits per heavy atom. The summed E-state index contributed by atoms with van der Waals surface area (Å²) < 4.78 is 0.772. The van der Waals surface area contributed by atoms with E-state index < -0.39 is 0 Å². The third-order valence-electron chi connectivity index (χ3n) is 2.97. The number of nitrogens with zero attached hydrogens (tertiary/aromatic N) is 1. The zero-order chi connectivity index (χ0) is 15.6. The summed E-state index contributed by atoms with van der Waals surface area (Å²) >= 11 is 15.4. The number of carbonyl (C=O) groups excluding carboxylic acids is 1. The van der Waals surface area contributed by atoms with Crippen molar-refractivity contribution in [3.8, 4) is 0 Å². The molecule has 0 unspecified atom stereocenters. The van der Waals surface area contributed by atoms with Crippen LogP contribution in [0.2, 0.25) is 10.2 Å². The number of hydrogen-bond acceptors (Lipinski definition) is 2. The molecule has 0 spiro atoms. The molecule has 0 fully saturated rings. The summed E-state index contributed by atoms with van der Waals surface area (Å²) in [4.78, 5) is 16.5. The topological polar surface area (TPSA) is 42.0 Å². The molecule has 1 aromatic heterocycles. The maximum atomic E-state index is 12.3. The van der Waals surface area contributed by atoms with Crippen LogP contribution in [-0.4, -0.2) is 10.9 Å². The molecule has 1 N–H and O–H groups in total. The molecule has 21 heavy (non-hydrogen) atoms. The third-order valence-corrected chi connectivity index (χ3v) is 4.22. The molecule has 0 saturated carbocycles. The van der Waals surface area contributed by atoms with Crippen molar-refractivity contribution in [2.24, 2.45) is 0 Å². The van der Waals surface area contributed by atoms with Crippen molar-refractivity contribution in [2.45, 2.75) is 20.3 Å². The molecule has 0 saturated heterocycles. The summed E-state index contributed by atoms with van der Waals surface area (Å²) in [5.74, 6) is -0.255. The number of carbonyl (C=O) groups is 1. The largest absolute Gasteiger partial charge is 0.321 e. The van der Waals surface area contributed by atoms with Gasteiger partial charge in [-0.05, 0) is 59.1 Å². The van der Waals surface area contributed by atoms with Gasteiger partial charge in [-0.1, -0.05) is 30.1 Å². The molecule has 1 heterocycles. The average molecular weight is 388 g/mol. The van der Waals surface area contributed by atoms with Gasteiger partial charge in [0.05, 0.1) is 5.69 Å². The number of halogens is 3. The van der Waals surface area contributed by atoms with E-state index in [9.17, 15) is 4.79 Å². The van der Waals surface area contributed by atoms with Gasteiger partial charge in [-0.25, -0.2) is 4.98 Å². The highest BCUT2D eigenvalue weighted by atomic mass is 79.9. The Morgan fingerprint density at radius 2 is 2.00 bits per heavy atom. The number of rotatable bonds is 3. The van der Waals surface area contributed by atoms with Crippen LogP contribution >= 0.6 is 39.1 Å². The SMILES string of the molecule is CCc1cc(C(=O)Nc2cc(Cl)c(C)cc2Br)cc(Cl)n1. The molecule has 0 aliphatic carbocycles. The predicted octanol–water partition coefficient (Wildman–Crippen LogP) is 5.27. The van der Waals surface area contributed by atoms with Crippen molar-refractivity contribution in [3.63, 3.8) is 0 Å². The number of aryl methyl sites for hydroxylation is 2. The normalized spacial score (nSPS) is 10.5. The van der Waals surface area contributed by atoms with Gasteiger partial charge in [-0.2, -0.15) is 0 Å². The number of benzene rings is 1. The summed E-state index contributed by atoms with van der Waals surface area (Å²) in [5.41, 5.74) is 2.78. The Labute approximate surface area is 141 Å². The van der Waals surface area contributed by atoms with E-state index in [1.807, 2.05) is 19.9 Å². The first kappa shape index (κ1) is 16.3. The van der Waals surface area contributed by atoms with Gasteiger partial charge in [0.15, 0.2) is 0 Å². The van der Waals surface area contributed by atoms with Crippen LogP contribution in [0.1, 0.15) is 28.5 Å². The van der Waals surface area contributed by atoms with E-state index in [4.69, 9.17) is 23.2 Å². The number of amides is 1. The molecule has 110 valence electrons. The summed E-state index contributed by atoms with van der Waals surface area (Å²) in [5, 5.41) is 3.72. The van der Waals surface area contributed by atoms with Crippen molar-refractivity contribution < 1.29 is 4.79 Å². The van der Waals surface area contributed by atoms with Crippen molar-refractivity contribution >= 4 is 50.7 Å². The van der Waals surface area contributed by atoms with E-state index in [2.05, 4.69) is 26.2 Å². The highest BCUT2D eigenvalue weighted by Crippen LogP contribution is 2.29. The summed E-state index contributed by atoms with van der Waals surface area (Å²) in [6.07, 6.45) is 0.709. The van der Waals surface area contributed by atoms with Gasteiger partial charge in [-0.3, -0.25) is 4.79 Å². The van der Waals surface area contributed by atoms with E-state index in [1.54, 1.807) is 18.2 Å². The van der Waals surface area contributed by atoms with Gasteiger partial charge in [0.2, 0.25) is 0 Å². The number of anilines is 1. The fraction of sp³-hybridized carbons (Fsp3) is 0.200. The lowest BCUT2D eigenvalue weighted by Crippen LogP contribution is -2.13. The third kappa shape index (κ3) is 3.96. The van der Waals surface area contributed by atoms with Crippen molar-refractivity contribution in [1.29, 1.82) is 0 Å². The van der Waals surface area contributed by atoms with Crippen molar-refractivity contribution in [2.75, 3.05) is 5.32 Å². The lowest BCUT2D eigenvalue weighted by molar-refractivity contribution is 0.102. The molecule has 0 aliphatic rings. The van der Waals surface area contributed by atoms with E-state index >= 15 is 0 Å². The van der Waals surface area contributed by atoms with E-state index in [0.717, 1.165) is 15.7 Å². The number of aromatic nitrogens is 1. The maximum absolute atomic E-state index is 12.3. The van der Waals surface area contributed by atoms with Crippen LogP contribution in [0.4, 0.5) is 5.69 Å². The first-order valence-corrected chi connectivity index (χ1v) is 7.89. The second-order valence-electron chi connectivity index (χ2n) is 4.56. The molecule has 6 heteroatoms. The number of pyridine rings is 1. The minimum Gasteiger partial charge on any atom is -0.321 e. The van der Waals surface area contributed by atoms with Crippen molar-refractivity contribution in [3.05, 3.63) is 55.7 Å². The highest BCUT2D eigenvalue weighted by molar-refractivity contribution is 9.10. The minimum atomic E-state index is -0.255. The van der Waals surface area contributed by atoms with E-state index in [-0.39, 0.29) is 5.91 Å². The van der Waals surface area contributed by atoms with Crippen LogP contribution in [0.5, 0.6) is 0 Å². The monoisotopic (exact) mass is 386 g/mol. The lowest BCUT2D eigenvalue weighted by Gasteiger charge is -2.10. The van der Waals surface area contributed by atoms with Gasteiger partial charge in [0.1, 0.15) is 5.15 Å².